The molecule has 1 aliphatic carbocycles. The number of carbonyl (C=O) groups excluding carboxylic acids is 1. The maximum atomic E-state index is 11.9. The van der Waals surface area contributed by atoms with Crippen LogP contribution in [0.5, 0.6) is 0 Å². The molecule has 1 saturated heterocycles. The molecule has 0 aromatic heterocycles. The monoisotopic (exact) mass is 239 g/mol. The van der Waals surface area contributed by atoms with E-state index >= 15 is 0 Å². The van der Waals surface area contributed by atoms with Crippen LogP contribution in [0.15, 0.2) is 0 Å². The Morgan fingerprint density at radius 2 is 2.12 bits per heavy atom. The molecular weight excluding hydrogens is 214 g/mol. The maximum Gasteiger partial charge on any atom is 0.240 e. The Morgan fingerprint density at radius 1 is 1.41 bits per heavy atom. The largest absolute Gasteiger partial charge is 0.327 e. The molecular formula is C13H25N3O. The van der Waals surface area contributed by atoms with E-state index in [1.807, 2.05) is 4.90 Å². The van der Waals surface area contributed by atoms with Gasteiger partial charge in [-0.15, -0.1) is 0 Å². The summed E-state index contributed by atoms with van der Waals surface area (Å²) in [6, 6.07) is 0.814. The zero-order valence-corrected chi connectivity index (χ0v) is 11.1. The number of hydrogen-bond acceptors (Lipinski definition) is 3. The van der Waals surface area contributed by atoms with Crippen molar-refractivity contribution in [2.24, 2.45) is 0 Å². The quantitative estimate of drug-likeness (QED) is 0.778. The van der Waals surface area contributed by atoms with Gasteiger partial charge in [-0.2, -0.15) is 0 Å². The molecule has 0 radical (unpaired) electrons. The van der Waals surface area contributed by atoms with E-state index in [-0.39, 0.29) is 11.9 Å². The minimum absolute atomic E-state index is 0.0618. The van der Waals surface area contributed by atoms with Crippen molar-refractivity contribution >= 4 is 5.91 Å². The fourth-order valence-electron chi connectivity index (χ4n) is 2.92. The van der Waals surface area contributed by atoms with Gasteiger partial charge in [-0.05, 0) is 26.3 Å². The van der Waals surface area contributed by atoms with Gasteiger partial charge in [-0.3, -0.25) is 10.1 Å². The minimum atomic E-state index is 0.0618. The van der Waals surface area contributed by atoms with Crippen molar-refractivity contribution in [2.45, 2.75) is 51.1 Å². The third-order valence-electron chi connectivity index (χ3n) is 4.22. The Labute approximate surface area is 104 Å². The standard InChI is InChI=1S/C13H25N3O/c1-3-12-13(17)16(10-14-12)9-8-15(2)11-6-4-5-7-11/h11-12,14H,3-10H2,1-2H3. The summed E-state index contributed by atoms with van der Waals surface area (Å²) in [6.45, 7) is 4.67. The fourth-order valence-corrected chi connectivity index (χ4v) is 2.92. The van der Waals surface area contributed by atoms with E-state index in [0.29, 0.717) is 0 Å². The van der Waals surface area contributed by atoms with Crippen LogP contribution in [0.2, 0.25) is 0 Å². The number of carbonyl (C=O) groups is 1. The normalized spacial score (nSPS) is 26.4. The summed E-state index contributed by atoms with van der Waals surface area (Å²) in [4.78, 5) is 16.3. The van der Waals surface area contributed by atoms with E-state index in [0.717, 1.165) is 32.2 Å². The highest BCUT2D eigenvalue weighted by Gasteiger charge is 2.29. The lowest BCUT2D eigenvalue weighted by atomic mass is 10.2. The number of rotatable bonds is 5. The molecule has 1 heterocycles. The molecule has 1 amide bonds. The first kappa shape index (κ1) is 12.8. The Hall–Kier alpha value is -0.610. The number of amides is 1. The van der Waals surface area contributed by atoms with Crippen LogP contribution in [-0.4, -0.2) is 54.6 Å². The molecule has 2 aliphatic rings. The first-order valence-corrected chi connectivity index (χ1v) is 6.94. The van der Waals surface area contributed by atoms with Crippen molar-refractivity contribution < 1.29 is 4.79 Å². The second kappa shape index (κ2) is 5.83. The van der Waals surface area contributed by atoms with E-state index in [1.54, 1.807) is 0 Å². The zero-order chi connectivity index (χ0) is 12.3. The van der Waals surface area contributed by atoms with Gasteiger partial charge in [0.1, 0.15) is 0 Å². The molecule has 2 fully saturated rings. The molecule has 17 heavy (non-hydrogen) atoms. The van der Waals surface area contributed by atoms with Crippen molar-refractivity contribution in [1.82, 2.24) is 15.1 Å². The molecule has 0 bridgehead atoms. The molecule has 1 unspecified atom stereocenters. The summed E-state index contributed by atoms with van der Waals surface area (Å²) in [7, 11) is 2.20. The molecule has 0 aromatic rings. The van der Waals surface area contributed by atoms with Crippen molar-refractivity contribution in [3.8, 4) is 0 Å². The van der Waals surface area contributed by atoms with Crippen molar-refractivity contribution in [2.75, 3.05) is 26.8 Å². The van der Waals surface area contributed by atoms with E-state index < -0.39 is 0 Å². The van der Waals surface area contributed by atoms with Gasteiger partial charge in [0.25, 0.3) is 0 Å². The van der Waals surface area contributed by atoms with Crippen LogP contribution in [0.1, 0.15) is 39.0 Å². The van der Waals surface area contributed by atoms with Gasteiger partial charge in [0, 0.05) is 19.1 Å². The molecule has 1 aliphatic heterocycles. The molecule has 1 N–H and O–H groups in total. The summed E-state index contributed by atoms with van der Waals surface area (Å²) >= 11 is 0. The van der Waals surface area contributed by atoms with Crippen molar-refractivity contribution in [3.63, 3.8) is 0 Å². The Morgan fingerprint density at radius 3 is 2.71 bits per heavy atom. The summed E-state index contributed by atoms with van der Waals surface area (Å²) in [6.07, 6.45) is 6.31. The van der Waals surface area contributed by atoms with Gasteiger partial charge >= 0.3 is 0 Å². The molecule has 4 nitrogen and oxygen atoms in total. The predicted molar refractivity (Wildman–Crippen MR) is 68.7 cm³/mol. The topological polar surface area (TPSA) is 35.6 Å². The highest BCUT2D eigenvalue weighted by molar-refractivity contribution is 5.83. The molecule has 1 atom stereocenters. The van der Waals surface area contributed by atoms with Gasteiger partial charge in [-0.25, -0.2) is 0 Å². The molecule has 2 rings (SSSR count). The number of likely N-dealkylation sites (N-methyl/N-ethyl adjacent to an activating group) is 1. The highest BCUT2D eigenvalue weighted by Crippen LogP contribution is 2.22. The summed E-state index contributed by atoms with van der Waals surface area (Å²) in [5, 5.41) is 3.26. The van der Waals surface area contributed by atoms with Gasteiger partial charge < -0.3 is 9.80 Å². The smallest absolute Gasteiger partial charge is 0.240 e. The van der Waals surface area contributed by atoms with Gasteiger partial charge in [-0.1, -0.05) is 19.8 Å². The Bertz CT molecular complexity index is 263. The van der Waals surface area contributed by atoms with Gasteiger partial charge in [0.15, 0.2) is 0 Å². The molecule has 0 spiro atoms. The number of nitrogens with one attached hydrogen (secondary N) is 1. The Kier molecular flexibility index (Phi) is 4.40. The lowest BCUT2D eigenvalue weighted by Crippen LogP contribution is -2.39. The lowest BCUT2D eigenvalue weighted by Gasteiger charge is -2.26. The first-order valence-electron chi connectivity index (χ1n) is 6.94. The predicted octanol–water partition coefficient (Wildman–Crippen LogP) is 1.03. The SMILES string of the molecule is CCC1NCN(CCN(C)C2CCCC2)C1=O. The number of nitrogens with zero attached hydrogens (tertiary/aromatic N) is 2. The maximum absolute atomic E-state index is 11.9. The van der Waals surface area contributed by atoms with Crippen LogP contribution in [0.25, 0.3) is 0 Å². The van der Waals surface area contributed by atoms with Crippen LogP contribution in [-0.2, 0) is 4.79 Å². The van der Waals surface area contributed by atoms with Crippen LogP contribution in [0, 0.1) is 0 Å². The average molecular weight is 239 g/mol. The van der Waals surface area contributed by atoms with E-state index in [1.165, 1.54) is 25.7 Å². The van der Waals surface area contributed by atoms with Crippen molar-refractivity contribution in [1.29, 1.82) is 0 Å². The molecule has 98 valence electrons. The van der Waals surface area contributed by atoms with E-state index in [2.05, 4.69) is 24.2 Å². The van der Waals surface area contributed by atoms with Crippen LogP contribution < -0.4 is 5.32 Å². The molecule has 4 heteroatoms. The highest BCUT2D eigenvalue weighted by atomic mass is 16.2. The Balaban J connectivity index is 1.73. The van der Waals surface area contributed by atoms with Crippen LogP contribution in [0.4, 0.5) is 0 Å². The first-order chi connectivity index (χ1) is 8.22. The summed E-state index contributed by atoms with van der Waals surface area (Å²) < 4.78 is 0. The van der Waals surface area contributed by atoms with Crippen LogP contribution in [0.3, 0.4) is 0 Å². The van der Waals surface area contributed by atoms with Crippen molar-refractivity contribution in [3.05, 3.63) is 0 Å². The summed E-state index contributed by atoms with van der Waals surface area (Å²) in [5.41, 5.74) is 0. The molecule has 1 saturated carbocycles. The van der Waals surface area contributed by atoms with Gasteiger partial charge in [0.2, 0.25) is 5.91 Å². The van der Waals surface area contributed by atoms with E-state index in [9.17, 15) is 4.79 Å². The summed E-state index contributed by atoms with van der Waals surface area (Å²) in [5.74, 6) is 0.285. The minimum Gasteiger partial charge on any atom is -0.327 e. The zero-order valence-electron chi connectivity index (χ0n) is 11.1. The molecule has 0 aromatic carbocycles. The third-order valence-corrected chi connectivity index (χ3v) is 4.22. The lowest BCUT2D eigenvalue weighted by molar-refractivity contribution is -0.129. The number of hydrogen-bond donors (Lipinski definition) is 1. The van der Waals surface area contributed by atoms with Gasteiger partial charge in [0.05, 0.1) is 12.7 Å². The fraction of sp³-hybridized carbons (Fsp3) is 0.923. The van der Waals surface area contributed by atoms with Crippen LogP contribution >= 0.6 is 0 Å². The second-order valence-electron chi connectivity index (χ2n) is 5.34. The average Bonchev–Trinajstić information content (AvgIpc) is 2.96. The van der Waals surface area contributed by atoms with E-state index in [4.69, 9.17) is 0 Å². The third kappa shape index (κ3) is 2.99. The second-order valence-corrected chi connectivity index (χ2v) is 5.34.